The van der Waals surface area contributed by atoms with Crippen molar-refractivity contribution in [3.05, 3.63) is 52.2 Å². The van der Waals surface area contributed by atoms with Crippen LogP contribution in [0.3, 0.4) is 0 Å². The third kappa shape index (κ3) is 4.33. The number of aryl methyl sites for hydroxylation is 4. The van der Waals surface area contributed by atoms with Gasteiger partial charge in [0.05, 0.1) is 5.39 Å². The van der Waals surface area contributed by atoms with E-state index in [9.17, 15) is 4.79 Å². The second kappa shape index (κ2) is 9.65. The quantitative estimate of drug-likeness (QED) is 0.510. The van der Waals surface area contributed by atoms with Crippen LogP contribution < -0.4 is 4.90 Å². The first-order valence-electron chi connectivity index (χ1n) is 13.1. The highest BCUT2D eigenvalue weighted by atomic mass is 32.1. The van der Waals surface area contributed by atoms with Gasteiger partial charge >= 0.3 is 0 Å². The van der Waals surface area contributed by atoms with Crippen LogP contribution >= 0.6 is 11.3 Å². The number of benzene rings is 1. The molecule has 5 nitrogen and oxygen atoms in total. The third-order valence-electron chi connectivity index (χ3n) is 7.92. The highest BCUT2D eigenvalue weighted by Crippen LogP contribution is 2.40. The number of hydrogen-bond donors (Lipinski definition) is 0. The molecule has 3 aromatic rings. The van der Waals surface area contributed by atoms with E-state index in [-0.39, 0.29) is 5.92 Å². The molecule has 1 amide bonds. The molecule has 1 saturated carbocycles. The SMILES string of the molecule is O=C(C1CCCC1)N1CCN(c2nc(CCc3ccccc3)nc3sc4c(c23)CCCC4)CC1. The molecule has 1 aliphatic heterocycles. The minimum Gasteiger partial charge on any atom is -0.352 e. The number of aromatic nitrogens is 2. The largest absolute Gasteiger partial charge is 0.352 e. The number of anilines is 1. The second-order valence-electron chi connectivity index (χ2n) is 10.1. The molecule has 2 aromatic heterocycles. The molecule has 0 unspecified atom stereocenters. The molecule has 2 fully saturated rings. The number of nitrogens with zero attached hydrogens (tertiary/aromatic N) is 4. The fourth-order valence-electron chi connectivity index (χ4n) is 5.99. The summed E-state index contributed by atoms with van der Waals surface area (Å²) in [5, 5.41) is 1.30. The van der Waals surface area contributed by atoms with E-state index in [0.717, 1.165) is 69.9 Å². The molecule has 1 aromatic carbocycles. The average molecular weight is 475 g/mol. The van der Waals surface area contributed by atoms with Crippen molar-refractivity contribution in [1.29, 1.82) is 0 Å². The summed E-state index contributed by atoms with van der Waals surface area (Å²) in [7, 11) is 0. The van der Waals surface area contributed by atoms with Gasteiger partial charge in [-0.05, 0) is 56.1 Å². The van der Waals surface area contributed by atoms with Gasteiger partial charge in [-0.3, -0.25) is 4.79 Å². The maximum atomic E-state index is 13.0. The minimum atomic E-state index is 0.269. The normalized spacial score (nSPS) is 19.1. The summed E-state index contributed by atoms with van der Waals surface area (Å²) in [5.41, 5.74) is 2.83. The zero-order valence-electron chi connectivity index (χ0n) is 20.0. The van der Waals surface area contributed by atoms with Gasteiger partial charge in [-0.1, -0.05) is 43.2 Å². The van der Waals surface area contributed by atoms with E-state index in [1.807, 2.05) is 11.3 Å². The van der Waals surface area contributed by atoms with Crippen molar-refractivity contribution in [2.45, 2.75) is 64.2 Å². The van der Waals surface area contributed by atoms with Crippen LogP contribution in [0.1, 0.15) is 60.4 Å². The summed E-state index contributed by atoms with van der Waals surface area (Å²) in [4.78, 5) is 30.5. The Bertz CT molecular complexity index is 1160. The van der Waals surface area contributed by atoms with Crippen molar-refractivity contribution < 1.29 is 4.79 Å². The van der Waals surface area contributed by atoms with Crippen LogP contribution in [-0.4, -0.2) is 47.0 Å². The molecule has 1 saturated heterocycles. The van der Waals surface area contributed by atoms with Gasteiger partial charge < -0.3 is 9.80 Å². The van der Waals surface area contributed by atoms with Crippen molar-refractivity contribution in [3.8, 4) is 0 Å². The maximum absolute atomic E-state index is 13.0. The summed E-state index contributed by atoms with van der Waals surface area (Å²) in [5.74, 6) is 2.74. The predicted molar refractivity (Wildman–Crippen MR) is 139 cm³/mol. The molecule has 3 aliphatic rings. The molecule has 0 N–H and O–H groups in total. The summed E-state index contributed by atoms with van der Waals surface area (Å²) in [6, 6.07) is 10.6. The Labute approximate surface area is 206 Å². The Morgan fingerprint density at radius 1 is 0.912 bits per heavy atom. The van der Waals surface area contributed by atoms with E-state index in [2.05, 4.69) is 40.1 Å². The zero-order chi connectivity index (χ0) is 22.9. The number of piperazine rings is 1. The number of rotatable bonds is 5. The van der Waals surface area contributed by atoms with E-state index >= 15 is 0 Å². The van der Waals surface area contributed by atoms with Crippen LogP contribution in [0.25, 0.3) is 10.2 Å². The number of carbonyl (C=O) groups excluding carboxylic acids is 1. The number of amides is 1. The molecule has 0 atom stereocenters. The Kier molecular flexibility index (Phi) is 6.25. The van der Waals surface area contributed by atoms with Crippen molar-refractivity contribution in [2.24, 2.45) is 5.92 Å². The van der Waals surface area contributed by atoms with E-state index in [4.69, 9.17) is 9.97 Å². The Hall–Kier alpha value is -2.47. The van der Waals surface area contributed by atoms with Crippen LogP contribution in [0.2, 0.25) is 0 Å². The first-order chi connectivity index (χ1) is 16.8. The minimum absolute atomic E-state index is 0.269. The van der Waals surface area contributed by atoms with Crippen molar-refractivity contribution in [1.82, 2.24) is 14.9 Å². The van der Waals surface area contributed by atoms with Crippen LogP contribution in [0, 0.1) is 5.92 Å². The monoisotopic (exact) mass is 474 g/mol. The van der Waals surface area contributed by atoms with Crippen LogP contribution in [-0.2, 0) is 30.5 Å². The van der Waals surface area contributed by atoms with Gasteiger partial charge in [0.25, 0.3) is 0 Å². The highest BCUT2D eigenvalue weighted by molar-refractivity contribution is 7.19. The Morgan fingerprint density at radius 2 is 1.68 bits per heavy atom. The van der Waals surface area contributed by atoms with Crippen molar-refractivity contribution in [3.63, 3.8) is 0 Å². The Morgan fingerprint density at radius 3 is 2.47 bits per heavy atom. The van der Waals surface area contributed by atoms with Gasteiger partial charge in [-0.25, -0.2) is 9.97 Å². The van der Waals surface area contributed by atoms with Gasteiger partial charge in [0.15, 0.2) is 0 Å². The van der Waals surface area contributed by atoms with Gasteiger partial charge in [-0.2, -0.15) is 0 Å². The standard InChI is InChI=1S/C28H34N4OS/c33-28(21-10-4-5-11-21)32-18-16-31(17-19-32)26-25-22-12-6-7-13-23(22)34-27(25)30-24(29-26)15-14-20-8-2-1-3-9-20/h1-3,8-9,21H,4-7,10-19H2. The first-order valence-corrected chi connectivity index (χ1v) is 14.0. The molecular formula is C28H34N4OS. The summed E-state index contributed by atoms with van der Waals surface area (Å²) in [6.07, 6.45) is 11.3. The molecule has 34 heavy (non-hydrogen) atoms. The fraction of sp³-hybridized carbons (Fsp3) is 0.536. The molecule has 0 radical (unpaired) electrons. The van der Waals surface area contributed by atoms with Crippen molar-refractivity contribution >= 4 is 33.3 Å². The van der Waals surface area contributed by atoms with E-state index in [1.54, 1.807) is 0 Å². The topological polar surface area (TPSA) is 49.3 Å². The molecule has 0 spiro atoms. The lowest BCUT2D eigenvalue weighted by molar-refractivity contribution is -0.135. The summed E-state index contributed by atoms with van der Waals surface area (Å²) >= 11 is 1.89. The van der Waals surface area contributed by atoms with Crippen molar-refractivity contribution in [2.75, 3.05) is 31.1 Å². The van der Waals surface area contributed by atoms with Gasteiger partial charge in [0.2, 0.25) is 5.91 Å². The number of hydrogen-bond acceptors (Lipinski definition) is 5. The molecule has 6 rings (SSSR count). The van der Waals surface area contributed by atoms with E-state index in [0.29, 0.717) is 5.91 Å². The first kappa shape index (κ1) is 22.0. The van der Waals surface area contributed by atoms with E-state index < -0.39 is 0 Å². The second-order valence-corrected chi connectivity index (χ2v) is 11.2. The molecule has 6 heteroatoms. The summed E-state index contributed by atoms with van der Waals surface area (Å²) < 4.78 is 0. The van der Waals surface area contributed by atoms with E-state index in [1.165, 1.54) is 58.3 Å². The smallest absolute Gasteiger partial charge is 0.225 e. The molecule has 0 bridgehead atoms. The van der Waals surface area contributed by atoms with Gasteiger partial charge in [0, 0.05) is 43.4 Å². The zero-order valence-corrected chi connectivity index (χ0v) is 20.8. The maximum Gasteiger partial charge on any atom is 0.225 e. The molecule has 178 valence electrons. The third-order valence-corrected chi connectivity index (χ3v) is 9.10. The van der Waals surface area contributed by atoms with Crippen LogP contribution in [0.15, 0.2) is 30.3 Å². The Balaban J connectivity index is 1.27. The lowest BCUT2D eigenvalue weighted by Gasteiger charge is -2.37. The number of carbonyl (C=O) groups is 1. The molecular weight excluding hydrogens is 440 g/mol. The average Bonchev–Trinajstić information content (AvgIpc) is 3.56. The summed E-state index contributed by atoms with van der Waals surface area (Å²) in [6.45, 7) is 3.36. The lowest BCUT2D eigenvalue weighted by Crippen LogP contribution is -2.50. The predicted octanol–water partition coefficient (Wildman–Crippen LogP) is 5.19. The van der Waals surface area contributed by atoms with Crippen LogP contribution in [0.5, 0.6) is 0 Å². The molecule has 2 aliphatic carbocycles. The molecule has 3 heterocycles. The number of fused-ring (bicyclic) bond motifs is 3. The van der Waals surface area contributed by atoms with Gasteiger partial charge in [-0.15, -0.1) is 11.3 Å². The number of thiophene rings is 1. The highest BCUT2D eigenvalue weighted by Gasteiger charge is 2.31. The van der Waals surface area contributed by atoms with Crippen LogP contribution in [0.4, 0.5) is 5.82 Å². The van der Waals surface area contributed by atoms with Gasteiger partial charge in [0.1, 0.15) is 16.5 Å². The fourth-order valence-corrected chi connectivity index (χ4v) is 7.27. The lowest BCUT2D eigenvalue weighted by atomic mass is 9.96.